The lowest BCUT2D eigenvalue weighted by atomic mass is 9.96. The second kappa shape index (κ2) is 8.52. The van der Waals surface area contributed by atoms with Crippen LogP contribution in [0.4, 0.5) is 0 Å². The number of likely N-dealkylation sites (tertiary alicyclic amines) is 1. The number of hydrogen-bond acceptors (Lipinski definition) is 3. The summed E-state index contributed by atoms with van der Waals surface area (Å²) in [7, 11) is 1.81. The number of piperidine rings is 1. The molecule has 0 spiro atoms. The zero-order valence-electron chi connectivity index (χ0n) is 13.8. The maximum absolute atomic E-state index is 5.34. The summed E-state index contributed by atoms with van der Waals surface area (Å²) in [4.78, 5) is 2.60. The molecule has 1 fully saturated rings. The maximum Gasteiger partial charge on any atom is 0.0502 e. The first-order chi connectivity index (χ1) is 10.2. The summed E-state index contributed by atoms with van der Waals surface area (Å²) in [5.41, 5.74) is 2.82. The van der Waals surface area contributed by atoms with Crippen molar-refractivity contribution in [2.45, 2.75) is 32.7 Å². The Balaban J connectivity index is 2.01. The van der Waals surface area contributed by atoms with Crippen molar-refractivity contribution in [3.63, 3.8) is 0 Å². The van der Waals surface area contributed by atoms with Gasteiger partial charge >= 0.3 is 0 Å². The van der Waals surface area contributed by atoms with Gasteiger partial charge in [0.15, 0.2) is 0 Å². The van der Waals surface area contributed by atoms with Crippen LogP contribution in [0.15, 0.2) is 24.3 Å². The Bertz CT molecular complexity index is 419. The van der Waals surface area contributed by atoms with Gasteiger partial charge in [-0.1, -0.05) is 31.2 Å². The van der Waals surface area contributed by atoms with E-state index >= 15 is 0 Å². The van der Waals surface area contributed by atoms with Gasteiger partial charge in [0.05, 0.1) is 6.61 Å². The second-order valence-electron chi connectivity index (χ2n) is 6.19. The predicted molar refractivity (Wildman–Crippen MR) is 88.6 cm³/mol. The van der Waals surface area contributed by atoms with Gasteiger partial charge < -0.3 is 15.0 Å². The molecule has 1 heterocycles. The van der Waals surface area contributed by atoms with E-state index in [0.29, 0.717) is 12.0 Å². The molecule has 1 aromatic rings. The molecule has 1 aliphatic rings. The number of nitrogens with zero attached hydrogens (tertiary/aromatic N) is 1. The van der Waals surface area contributed by atoms with Gasteiger partial charge in [-0.05, 0) is 49.9 Å². The van der Waals surface area contributed by atoms with Gasteiger partial charge in [0.25, 0.3) is 0 Å². The first kappa shape index (κ1) is 16.5. The van der Waals surface area contributed by atoms with Crippen molar-refractivity contribution >= 4 is 0 Å². The van der Waals surface area contributed by atoms with Gasteiger partial charge in [0, 0.05) is 26.2 Å². The molecule has 0 aliphatic carbocycles. The third-order valence-electron chi connectivity index (χ3n) is 4.46. The van der Waals surface area contributed by atoms with E-state index in [1.165, 1.54) is 37.1 Å². The highest BCUT2D eigenvalue weighted by molar-refractivity contribution is 5.29. The Hall–Kier alpha value is -0.900. The number of likely N-dealkylation sites (N-methyl/N-ethyl adjacent to an activating group) is 1. The predicted octanol–water partition coefficient (Wildman–Crippen LogP) is 3.00. The fourth-order valence-electron chi connectivity index (χ4n) is 3.44. The topological polar surface area (TPSA) is 24.5 Å². The van der Waals surface area contributed by atoms with E-state index in [-0.39, 0.29) is 0 Å². The van der Waals surface area contributed by atoms with Crippen LogP contribution in [0.25, 0.3) is 0 Å². The lowest BCUT2D eigenvalue weighted by molar-refractivity contribution is 0.0857. The average Bonchev–Trinajstić information content (AvgIpc) is 2.48. The largest absolute Gasteiger partial charge is 0.384 e. The van der Waals surface area contributed by atoms with Gasteiger partial charge in [-0.15, -0.1) is 0 Å². The Morgan fingerprint density at radius 3 is 2.90 bits per heavy atom. The summed E-state index contributed by atoms with van der Waals surface area (Å²) in [6.07, 6.45) is 2.60. The molecule has 21 heavy (non-hydrogen) atoms. The minimum absolute atomic E-state index is 0.428. The highest BCUT2D eigenvalue weighted by atomic mass is 16.5. The number of rotatable bonds is 7. The summed E-state index contributed by atoms with van der Waals surface area (Å²) in [6, 6.07) is 9.18. The monoisotopic (exact) mass is 290 g/mol. The third kappa shape index (κ3) is 4.80. The van der Waals surface area contributed by atoms with Crippen molar-refractivity contribution in [1.82, 2.24) is 10.2 Å². The van der Waals surface area contributed by atoms with Crippen molar-refractivity contribution in [3.05, 3.63) is 35.4 Å². The van der Waals surface area contributed by atoms with E-state index in [1.807, 2.05) is 7.11 Å². The van der Waals surface area contributed by atoms with Crippen LogP contribution in [0, 0.1) is 12.8 Å². The van der Waals surface area contributed by atoms with Crippen LogP contribution in [0.3, 0.4) is 0 Å². The lowest BCUT2D eigenvalue weighted by Crippen LogP contribution is -2.42. The zero-order chi connectivity index (χ0) is 15.1. The molecule has 2 unspecified atom stereocenters. The van der Waals surface area contributed by atoms with Crippen molar-refractivity contribution < 1.29 is 4.74 Å². The van der Waals surface area contributed by atoms with Gasteiger partial charge in [0.1, 0.15) is 0 Å². The summed E-state index contributed by atoms with van der Waals surface area (Å²) in [5, 5.41) is 3.66. The Kier molecular flexibility index (Phi) is 6.68. The average molecular weight is 290 g/mol. The molecule has 3 nitrogen and oxygen atoms in total. The molecule has 1 saturated heterocycles. The first-order valence-electron chi connectivity index (χ1n) is 8.24. The first-order valence-corrected chi connectivity index (χ1v) is 8.24. The quantitative estimate of drug-likeness (QED) is 0.835. The van der Waals surface area contributed by atoms with E-state index < -0.39 is 0 Å². The van der Waals surface area contributed by atoms with Crippen LogP contribution in [0.1, 0.15) is 36.9 Å². The van der Waals surface area contributed by atoms with Gasteiger partial charge in [0.2, 0.25) is 0 Å². The van der Waals surface area contributed by atoms with Gasteiger partial charge in [-0.2, -0.15) is 0 Å². The molecule has 1 aromatic carbocycles. The molecule has 0 bridgehead atoms. The smallest absolute Gasteiger partial charge is 0.0502 e. The van der Waals surface area contributed by atoms with E-state index in [9.17, 15) is 0 Å². The molecular weight excluding hydrogens is 260 g/mol. The van der Waals surface area contributed by atoms with Crippen LogP contribution in [0.2, 0.25) is 0 Å². The standard InChI is InChI=1S/C18H30N2O/c1-4-19-18(17-10-6-5-8-15(17)2)13-20-11-7-9-16(12-20)14-21-3/h5-6,8,10,16,18-19H,4,7,9,11-14H2,1-3H3. The summed E-state index contributed by atoms with van der Waals surface area (Å²) in [5.74, 6) is 0.697. The number of aryl methyl sites for hydroxylation is 1. The fourth-order valence-corrected chi connectivity index (χ4v) is 3.44. The Morgan fingerprint density at radius 1 is 1.38 bits per heavy atom. The molecule has 0 amide bonds. The molecule has 0 radical (unpaired) electrons. The van der Waals surface area contributed by atoms with Crippen LogP contribution in [0.5, 0.6) is 0 Å². The number of benzene rings is 1. The molecule has 1 N–H and O–H groups in total. The van der Waals surface area contributed by atoms with E-state index in [1.54, 1.807) is 0 Å². The van der Waals surface area contributed by atoms with Crippen LogP contribution in [-0.2, 0) is 4.74 Å². The van der Waals surface area contributed by atoms with Crippen molar-refractivity contribution in [1.29, 1.82) is 0 Å². The van der Waals surface area contributed by atoms with Crippen molar-refractivity contribution in [3.8, 4) is 0 Å². The maximum atomic E-state index is 5.34. The lowest BCUT2D eigenvalue weighted by Gasteiger charge is -2.35. The molecule has 1 aliphatic heterocycles. The normalized spacial score (nSPS) is 21.4. The third-order valence-corrected chi connectivity index (χ3v) is 4.46. The second-order valence-corrected chi connectivity index (χ2v) is 6.19. The minimum Gasteiger partial charge on any atom is -0.384 e. The number of methoxy groups -OCH3 is 1. The Morgan fingerprint density at radius 2 is 2.19 bits per heavy atom. The zero-order valence-corrected chi connectivity index (χ0v) is 13.8. The van der Waals surface area contributed by atoms with Gasteiger partial charge in [-0.3, -0.25) is 0 Å². The number of nitrogens with one attached hydrogen (secondary N) is 1. The molecular formula is C18H30N2O. The number of hydrogen-bond donors (Lipinski definition) is 1. The fraction of sp³-hybridized carbons (Fsp3) is 0.667. The summed E-state index contributed by atoms with van der Waals surface area (Å²) in [6.45, 7) is 9.79. The SMILES string of the molecule is CCNC(CN1CCCC(COC)C1)c1ccccc1C. The van der Waals surface area contributed by atoms with Gasteiger partial charge in [-0.25, -0.2) is 0 Å². The van der Waals surface area contributed by atoms with Crippen LogP contribution >= 0.6 is 0 Å². The highest BCUT2D eigenvalue weighted by Crippen LogP contribution is 2.22. The van der Waals surface area contributed by atoms with Crippen LogP contribution < -0.4 is 5.32 Å². The summed E-state index contributed by atoms with van der Waals surface area (Å²) < 4.78 is 5.34. The van der Waals surface area contributed by atoms with E-state index in [0.717, 1.165) is 19.7 Å². The van der Waals surface area contributed by atoms with Crippen LogP contribution in [-0.4, -0.2) is 44.8 Å². The summed E-state index contributed by atoms with van der Waals surface area (Å²) >= 11 is 0. The number of ether oxygens (including phenoxy) is 1. The molecule has 0 aromatic heterocycles. The van der Waals surface area contributed by atoms with E-state index in [4.69, 9.17) is 4.74 Å². The van der Waals surface area contributed by atoms with Crippen molar-refractivity contribution in [2.75, 3.05) is 39.9 Å². The molecule has 2 atom stereocenters. The minimum atomic E-state index is 0.428. The molecule has 3 heteroatoms. The van der Waals surface area contributed by atoms with E-state index in [2.05, 4.69) is 48.3 Å². The molecule has 2 rings (SSSR count). The highest BCUT2D eigenvalue weighted by Gasteiger charge is 2.23. The van der Waals surface area contributed by atoms with Crippen molar-refractivity contribution in [2.24, 2.45) is 5.92 Å². The molecule has 0 saturated carbocycles. The Labute approximate surface area is 129 Å². The molecule has 118 valence electrons.